The van der Waals surface area contributed by atoms with Crippen LogP contribution in [0, 0.1) is 10.1 Å². The third kappa shape index (κ3) is 3.67. The van der Waals surface area contributed by atoms with E-state index in [0.717, 1.165) is 24.8 Å². The lowest BCUT2D eigenvalue weighted by Crippen LogP contribution is -2.49. The molecular formula is C13H17N3O4. The van der Waals surface area contributed by atoms with Crippen LogP contribution in [0.25, 0.3) is 0 Å². The van der Waals surface area contributed by atoms with E-state index in [0.29, 0.717) is 0 Å². The van der Waals surface area contributed by atoms with Crippen LogP contribution in [0.4, 0.5) is 10.5 Å². The third-order valence-corrected chi connectivity index (χ3v) is 3.46. The van der Waals surface area contributed by atoms with E-state index in [-0.39, 0.29) is 24.8 Å². The molecule has 2 amide bonds. The molecule has 1 aromatic rings. The molecule has 20 heavy (non-hydrogen) atoms. The zero-order chi connectivity index (χ0) is 14.6. The number of nitrogens with zero attached hydrogens (tertiary/aromatic N) is 1. The quantitative estimate of drug-likeness (QED) is 0.558. The van der Waals surface area contributed by atoms with Gasteiger partial charge in [-0.25, -0.2) is 4.79 Å². The second-order valence-electron chi connectivity index (χ2n) is 5.04. The number of nitrogens with one attached hydrogen (secondary N) is 2. The third-order valence-electron chi connectivity index (χ3n) is 3.46. The predicted molar refractivity (Wildman–Crippen MR) is 72.1 cm³/mol. The Hall–Kier alpha value is -2.15. The molecule has 108 valence electrons. The number of aliphatic hydroxyl groups is 1. The molecule has 1 fully saturated rings. The van der Waals surface area contributed by atoms with Gasteiger partial charge in [-0.2, -0.15) is 0 Å². The van der Waals surface area contributed by atoms with E-state index in [9.17, 15) is 20.0 Å². The van der Waals surface area contributed by atoms with E-state index in [1.165, 1.54) is 12.1 Å². The maximum Gasteiger partial charge on any atom is 0.315 e. The minimum Gasteiger partial charge on any atom is -0.388 e. The van der Waals surface area contributed by atoms with Crippen molar-refractivity contribution in [2.24, 2.45) is 0 Å². The van der Waals surface area contributed by atoms with E-state index in [1.54, 1.807) is 12.1 Å². The molecule has 0 unspecified atom stereocenters. The molecule has 1 aromatic carbocycles. The molecule has 0 aliphatic heterocycles. The Morgan fingerprint density at radius 2 is 1.95 bits per heavy atom. The summed E-state index contributed by atoms with van der Waals surface area (Å²) < 4.78 is 0. The van der Waals surface area contributed by atoms with Crippen LogP contribution in [-0.4, -0.2) is 28.2 Å². The number of carbonyl (C=O) groups is 1. The summed E-state index contributed by atoms with van der Waals surface area (Å²) in [5.74, 6) is 0. The van der Waals surface area contributed by atoms with Crippen molar-refractivity contribution in [3.05, 3.63) is 39.9 Å². The molecule has 0 bridgehead atoms. The Balaban J connectivity index is 1.73. The van der Waals surface area contributed by atoms with E-state index >= 15 is 0 Å². The average Bonchev–Trinajstić information content (AvgIpc) is 2.41. The van der Waals surface area contributed by atoms with E-state index in [4.69, 9.17) is 0 Å². The van der Waals surface area contributed by atoms with Crippen LogP contribution in [0.2, 0.25) is 0 Å². The van der Waals surface area contributed by atoms with Gasteiger partial charge in [0.25, 0.3) is 5.69 Å². The fourth-order valence-corrected chi connectivity index (χ4v) is 1.99. The molecule has 7 heteroatoms. The maximum absolute atomic E-state index is 11.5. The van der Waals surface area contributed by atoms with Gasteiger partial charge in [0.2, 0.25) is 0 Å². The first-order valence-corrected chi connectivity index (χ1v) is 6.46. The summed E-state index contributed by atoms with van der Waals surface area (Å²) in [6.07, 6.45) is 2.42. The molecule has 0 heterocycles. The fourth-order valence-electron chi connectivity index (χ4n) is 1.99. The number of carbonyl (C=O) groups excluding carboxylic acids is 1. The minimum atomic E-state index is -0.745. The number of rotatable bonds is 5. The number of non-ortho nitro benzene ring substituents is 1. The molecule has 7 nitrogen and oxygen atoms in total. The molecule has 0 aromatic heterocycles. The number of amides is 2. The monoisotopic (exact) mass is 279 g/mol. The normalized spacial score (nSPS) is 16.1. The van der Waals surface area contributed by atoms with Crippen molar-refractivity contribution in [3.8, 4) is 0 Å². The number of benzene rings is 1. The number of hydrogen-bond acceptors (Lipinski definition) is 4. The van der Waals surface area contributed by atoms with Gasteiger partial charge in [-0.05, 0) is 24.8 Å². The molecule has 1 saturated carbocycles. The van der Waals surface area contributed by atoms with Gasteiger partial charge in [0.1, 0.15) is 0 Å². The van der Waals surface area contributed by atoms with Gasteiger partial charge in [-0.3, -0.25) is 10.1 Å². The van der Waals surface area contributed by atoms with Gasteiger partial charge < -0.3 is 15.7 Å². The summed E-state index contributed by atoms with van der Waals surface area (Å²) in [6, 6.07) is 5.62. The highest BCUT2D eigenvalue weighted by Gasteiger charge is 2.34. The number of hydrogen-bond donors (Lipinski definition) is 3. The zero-order valence-electron chi connectivity index (χ0n) is 11.0. The van der Waals surface area contributed by atoms with Crippen molar-refractivity contribution in [2.75, 3.05) is 6.54 Å². The molecule has 0 atom stereocenters. The molecule has 1 aliphatic rings. The minimum absolute atomic E-state index is 0.0189. The zero-order valence-corrected chi connectivity index (χ0v) is 11.0. The lowest BCUT2D eigenvalue weighted by Gasteiger charge is -2.36. The van der Waals surface area contributed by atoms with Crippen LogP contribution in [0.5, 0.6) is 0 Å². The van der Waals surface area contributed by atoms with Crippen molar-refractivity contribution in [1.82, 2.24) is 10.6 Å². The Labute approximate surface area is 116 Å². The van der Waals surface area contributed by atoms with Crippen LogP contribution in [0.3, 0.4) is 0 Å². The van der Waals surface area contributed by atoms with Crippen molar-refractivity contribution in [1.29, 1.82) is 0 Å². The van der Waals surface area contributed by atoms with Gasteiger partial charge >= 0.3 is 6.03 Å². The lowest BCUT2D eigenvalue weighted by molar-refractivity contribution is -0.384. The predicted octanol–water partition coefficient (Wildman–Crippen LogP) is 1.31. The summed E-state index contributed by atoms with van der Waals surface area (Å²) in [7, 11) is 0. The summed E-state index contributed by atoms with van der Waals surface area (Å²) in [6.45, 7) is 0.529. The maximum atomic E-state index is 11.5. The summed E-state index contributed by atoms with van der Waals surface area (Å²) >= 11 is 0. The molecule has 0 radical (unpaired) electrons. The Morgan fingerprint density at radius 3 is 2.45 bits per heavy atom. The van der Waals surface area contributed by atoms with Crippen LogP contribution < -0.4 is 10.6 Å². The molecule has 2 rings (SSSR count). The summed E-state index contributed by atoms with van der Waals surface area (Å²) in [5.41, 5.74) is 0.0450. The largest absolute Gasteiger partial charge is 0.388 e. The first-order valence-electron chi connectivity index (χ1n) is 6.46. The van der Waals surface area contributed by atoms with Crippen LogP contribution in [0.1, 0.15) is 24.8 Å². The second kappa shape index (κ2) is 5.87. The highest BCUT2D eigenvalue weighted by Crippen LogP contribution is 2.30. The first kappa shape index (κ1) is 14.3. The number of nitro groups is 1. The van der Waals surface area contributed by atoms with E-state index in [2.05, 4.69) is 10.6 Å². The van der Waals surface area contributed by atoms with Crippen molar-refractivity contribution in [3.63, 3.8) is 0 Å². The first-order chi connectivity index (χ1) is 9.48. The van der Waals surface area contributed by atoms with Gasteiger partial charge in [0, 0.05) is 25.2 Å². The van der Waals surface area contributed by atoms with Gasteiger partial charge in [-0.15, -0.1) is 0 Å². The molecule has 1 aliphatic carbocycles. The van der Waals surface area contributed by atoms with Crippen molar-refractivity contribution >= 4 is 11.7 Å². The number of urea groups is 1. The number of nitro benzene ring substituents is 1. The average molecular weight is 279 g/mol. The molecule has 0 spiro atoms. The Morgan fingerprint density at radius 1 is 1.30 bits per heavy atom. The van der Waals surface area contributed by atoms with Crippen molar-refractivity contribution in [2.45, 2.75) is 31.4 Å². The van der Waals surface area contributed by atoms with Gasteiger partial charge in [0.15, 0.2) is 0 Å². The van der Waals surface area contributed by atoms with Crippen LogP contribution >= 0.6 is 0 Å². The summed E-state index contributed by atoms with van der Waals surface area (Å²) in [5, 5.41) is 25.6. The SMILES string of the molecule is O=C(NCc1ccc([N+](=O)[O-])cc1)NCC1(O)CCC1. The van der Waals surface area contributed by atoms with Crippen LogP contribution in [-0.2, 0) is 6.54 Å². The lowest BCUT2D eigenvalue weighted by atomic mass is 9.80. The molecular weight excluding hydrogens is 262 g/mol. The van der Waals surface area contributed by atoms with E-state index in [1.807, 2.05) is 0 Å². The smallest absolute Gasteiger partial charge is 0.315 e. The van der Waals surface area contributed by atoms with Crippen molar-refractivity contribution < 1.29 is 14.8 Å². The fraction of sp³-hybridized carbons (Fsp3) is 0.462. The van der Waals surface area contributed by atoms with Gasteiger partial charge in [0.05, 0.1) is 10.5 Å². The van der Waals surface area contributed by atoms with Gasteiger partial charge in [-0.1, -0.05) is 12.1 Å². The second-order valence-corrected chi connectivity index (χ2v) is 5.04. The van der Waals surface area contributed by atoms with E-state index < -0.39 is 10.5 Å². The molecule has 3 N–H and O–H groups in total. The Bertz CT molecular complexity index is 497. The molecule has 0 saturated heterocycles. The standard InChI is InChI=1S/C13H17N3O4/c17-12(15-9-13(18)6-1-7-13)14-8-10-2-4-11(5-3-10)16(19)20/h2-5,18H,1,6-9H2,(H2,14,15,17). The highest BCUT2D eigenvalue weighted by atomic mass is 16.6. The Kier molecular flexibility index (Phi) is 4.19. The van der Waals surface area contributed by atoms with Crippen LogP contribution in [0.15, 0.2) is 24.3 Å². The summed E-state index contributed by atoms with van der Waals surface area (Å²) in [4.78, 5) is 21.6. The topological polar surface area (TPSA) is 104 Å². The highest BCUT2D eigenvalue weighted by molar-refractivity contribution is 5.73.